The molecule has 4 aromatic rings. The number of benzene rings is 3. The molecule has 186 valence electrons. The Hall–Kier alpha value is -3.93. The first kappa shape index (κ1) is 25.2. The van der Waals surface area contributed by atoms with Gasteiger partial charge in [-0.05, 0) is 45.9 Å². The molecule has 1 atom stereocenters. The molecule has 0 spiro atoms. The van der Waals surface area contributed by atoms with E-state index in [1.165, 1.54) is 6.07 Å². The second-order valence-corrected chi connectivity index (χ2v) is 10.4. The van der Waals surface area contributed by atoms with Crippen molar-refractivity contribution in [2.24, 2.45) is 5.92 Å². The van der Waals surface area contributed by atoms with E-state index in [0.29, 0.717) is 16.7 Å². The SMILES string of the molecule is CC(C)C(NC(=O)c1ccc(C(C)(C)C)cc1)C(=O)OCc1cc(=O)oc2ccc3ccccc3c12. The van der Waals surface area contributed by atoms with Crippen molar-refractivity contribution in [2.75, 3.05) is 0 Å². The maximum Gasteiger partial charge on any atom is 0.336 e. The Morgan fingerprint density at radius 2 is 1.67 bits per heavy atom. The van der Waals surface area contributed by atoms with Gasteiger partial charge in [0.1, 0.15) is 18.2 Å². The second-order valence-electron chi connectivity index (χ2n) is 10.4. The fraction of sp³-hybridized carbons (Fsp3) is 0.300. The lowest BCUT2D eigenvalue weighted by Crippen LogP contribution is -2.45. The first-order valence-electron chi connectivity index (χ1n) is 12.1. The van der Waals surface area contributed by atoms with Crippen LogP contribution < -0.4 is 10.9 Å². The Morgan fingerprint density at radius 1 is 0.972 bits per heavy atom. The third-order valence-corrected chi connectivity index (χ3v) is 6.30. The fourth-order valence-electron chi connectivity index (χ4n) is 4.22. The average molecular weight is 486 g/mol. The molecule has 0 saturated carbocycles. The topological polar surface area (TPSA) is 85.6 Å². The lowest BCUT2D eigenvalue weighted by atomic mass is 9.86. The summed E-state index contributed by atoms with van der Waals surface area (Å²) in [6.45, 7) is 9.89. The highest BCUT2D eigenvalue weighted by Gasteiger charge is 2.27. The van der Waals surface area contributed by atoms with Gasteiger partial charge in [-0.15, -0.1) is 0 Å². The van der Waals surface area contributed by atoms with E-state index in [2.05, 4.69) is 26.1 Å². The summed E-state index contributed by atoms with van der Waals surface area (Å²) in [4.78, 5) is 38.1. The number of amides is 1. The molecule has 1 unspecified atom stereocenters. The van der Waals surface area contributed by atoms with Gasteiger partial charge in [0, 0.05) is 22.6 Å². The van der Waals surface area contributed by atoms with Crippen LogP contribution in [0.25, 0.3) is 21.7 Å². The number of ether oxygens (including phenoxy) is 1. The molecule has 0 saturated heterocycles. The fourth-order valence-corrected chi connectivity index (χ4v) is 4.22. The molecule has 0 aliphatic carbocycles. The monoisotopic (exact) mass is 485 g/mol. The first-order chi connectivity index (χ1) is 17.0. The predicted molar refractivity (Wildman–Crippen MR) is 141 cm³/mol. The molecule has 1 N–H and O–H groups in total. The van der Waals surface area contributed by atoms with E-state index in [-0.39, 0.29) is 23.8 Å². The highest BCUT2D eigenvalue weighted by molar-refractivity contribution is 6.07. The standard InChI is InChI=1S/C30H31NO5/c1-18(2)27(31-28(33)20-10-13-22(14-11-20)30(3,4)5)29(34)35-17-21-16-25(32)36-24-15-12-19-8-6-7-9-23(19)26(21)24/h6-16,18,27H,17H2,1-5H3,(H,31,33). The Morgan fingerprint density at radius 3 is 2.33 bits per heavy atom. The Balaban J connectivity index is 1.54. The second kappa shape index (κ2) is 9.97. The third-order valence-electron chi connectivity index (χ3n) is 6.30. The summed E-state index contributed by atoms with van der Waals surface area (Å²) >= 11 is 0. The Bertz CT molecular complexity index is 1480. The van der Waals surface area contributed by atoms with E-state index >= 15 is 0 Å². The molecule has 36 heavy (non-hydrogen) atoms. The molecule has 6 nitrogen and oxygen atoms in total. The molecular weight excluding hydrogens is 454 g/mol. The zero-order valence-corrected chi connectivity index (χ0v) is 21.3. The highest BCUT2D eigenvalue weighted by Crippen LogP contribution is 2.28. The van der Waals surface area contributed by atoms with Crippen LogP contribution in [0.15, 0.2) is 75.9 Å². The summed E-state index contributed by atoms with van der Waals surface area (Å²) in [5.74, 6) is -1.11. The van der Waals surface area contributed by atoms with Crippen molar-refractivity contribution in [3.8, 4) is 0 Å². The van der Waals surface area contributed by atoms with Gasteiger partial charge in [-0.1, -0.05) is 77.1 Å². The minimum absolute atomic E-state index is 0.0244. The molecule has 6 heteroatoms. The minimum atomic E-state index is -0.845. The zero-order chi connectivity index (χ0) is 26.0. The molecule has 1 aromatic heterocycles. The molecular formula is C30H31NO5. The van der Waals surface area contributed by atoms with Crippen LogP contribution in [0.5, 0.6) is 0 Å². The van der Waals surface area contributed by atoms with E-state index in [1.54, 1.807) is 18.2 Å². The van der Waals surface area contributed by atoms with Gasteiger partial charge < -0.3 is 14.5 Å². The number of nitrogens with one attached hydrogen (secondary N) is 1. The van der Waals surface area contributed by atoms with Crippen LogP contribution in [0.4, 0.5) is 0 Å². The van der Waals surface area contributed by atoms with Crippen LogP contribution in [0.2, 0.25) is 0 Å². The molecule has 0 fully saturated rings. The van der Waals surface area contributed by atoms with Crippen LogP contribution in [-0.2, 0) is 21.6 Å². The number of fused-ring (bicyclic) bond motifs is 3. The van der Waals surface area contributed by atoms with Crippen LogP contribution in [0.3, 0.4) is 0 Å². The van der Waals surface area contributed by atoms with Crippen molar-refractivity contribution in [2.45, 2.75) is 52.7 Å². The van der Waals surface area contributed by atoms with E-state index < -0.39 is 17.6 Å². The van der Waals surface area contributed by atoms with Crippen LogP contribution in [0, 0.1) is 5.92 Å². The van der Waals surface area contributed by atoms with Crippen molar-refractivity contribution < 1.29 is 18.7 Å². The lowest BCUT2D eigenvalue weighted by Gasteiger charge is -2.22. The smallest absolute Gasteiger partial charge is 0.336 e. The number of carbonyl (C=O) groups excluding carboxylic acids is 2. The maximum atomic E-state index is 13.1. The quantitative estimate of drug-likeness (QED) is 0.214. The number of esters is 1. The average Bonchev–Trinajstić information content (AvgIpc) is 2.84. The van der Waals surface area contributed by atoms with E-state index in [1.807, 2.05) is 56.3 Å². The van der Waals surface area contributed by atoms with E-state index in [0.717, 1.165) is 21.7 Å². The van der Waals surface area contributed by atoms with Crippen molar-refractivity contribution in [3.63, 3.8) is 0 Å². The summed E-state index contributed by atoms with van der Waals surface area (Å²) in [6, 6.07) is 19.2. The van der Waals surface area contributed by atoms with Gasteiger partial charge in [-0.2, -0.15) is 0 Å². The largest absolute Gasteiger partial charge is 0.459 e. The number of carbonyl (C=O) groups is 2. The van der Waals surface area contributed by atoms with Crippen molar-refractivity contribution in [1.29, 1.82) is 0 Å². The first-order valence-corrected chi connectivity index (χ1v) is 12.1. The normalized spacial score (nSPS) is 12.6. The van der Waals surface area contributed by atoms with Gasteiger partial charge in [0.25, 0.3) is 5.91 Å². The van der Waals surface area contributed by atoms with Crippen LogP contribution >= 0.6 is 0 Å². The molecule has 1 amide bonds. The van der Waals surface area contributed by atoms with Gasteiger partial charge >= 0.3 is 11.6 Å². The molecule has 3 aromatic carbocycles. The molecule has 0 aliphatic heterocycles. The van der Waals surface area contributed by atoms with Crippen molar-refractivity contribution >= 4 is 33.6 Å². The van der Waals surface area contributed by atoms with Gasteiger partial charge in [0.05, 0.1) is 0 Å². The highest BCUT2D eigenvalue weighted by atomic mass is 16.5. The molecule has 0 aliphatic rings. The number of hydrogen-bond acceptors (Lipinski definition) is 5. The summed E-state index contributed by atoms with van der Waals surface area (Å²) < 4.78 is 11.0. The van der Waals surface area contributed by atoms with Gasteiger partial charge in [-0.25, -0.2) is 9.59 Å². The minimum Gasteiger partial charge on any atom is -0.459 e. The molecule has 0 bridgehead atoms. The van der Waals surface area contributed by atoms with Gasteiger partial charge in [0.15, 0.2) is 0 Å². The number of rotatable bonds is 6. The van der Waals surface area contributed by atoms with Crippen molar-refractivity contribution in [3.05, 3.63) is 93.8 Å². The number of hydrogen-bond donors (Lipinski definition) is 1. The predicted octanol–water partition coefficient (Wildman–Crippen LogP) is 5.74. The Kier molecular flexibility index (Phi) is 6.97. The van der Waals surface area contributed by atoms with E-state index in [4.69, 9.17) is 9.15 Å². The molecule has 4 rings (SSSR count). The summed E-state index contributed by atoms with van der Waals surface area (Å²) in [7, 11) is 0. The summed E-state index contributed by atoms with van der Waals surface area (Å²) in [5.41, 5.74) is 2.03. The van der Waals surface area contributed by atoms with Crippen LogP contribution in [-0.4, -0.2) is 17.9 Å². The lowest BCUT2D eigenvalue weighted by molar-refractivity contribution is -0.148. The summed E-state index contributed by atoms with van der Waals surface area (Å²) in [5, 5.41) is 5.42. The van der Waals surface area contributed by atoms with Crippen molar-refractivity contribution in [1.82, 2.24) is 5.32 Å². The zero-order valence-electron chi connectivity index (χ0n) is 21.3. The maximum absolute atomic E-state index is 13.1. The Labute approximate surface area is 210 Å². The molecule has 1 heterocycles. The third kappa shape index (κ3) is 5.33. The molecule has 0 radical (unpaired) electrons. The summed E-state index contributed by atoms with van der Waals surface area (Å²) in [6.07, 6.45) is 0. The van der Waals surface area contributed by atoms with E-state index in [9.17, 15) is 14.4 Å². The van der Waals surface area contributed by atoms with Crippen LogP contribution in [0.1, 0.15) is 56.1 Å². The van der Waals surface area contributed by atoms with Gasteiger partial charge in [0.2, 0.25) is 0 Å². The van der Waals surface area contributed by atoms with Gasteiger partial charge in [-0.3, -0.25) is 4.79 Å².